The molecule has 0 spiro atoms. The normalized spacial score (nSPS) is 12.5. The number of carboxylic acid groups (broad SMARTS) is 1. The molecule has 0 bridgehead atoms. The number of ether oxygens (including phenoxy) is 1. The number of halogens is 3. The number of aryl methyl sites for hydroxylation is 1. The van der Waals surface area contributed by atoms with Gasteiger partial charge in [0.05, 0.1) is 17.1 Å². The zero-order chi connectivity index (χ0) is 24.3. The summed E-state index contributed by atoms with van der Waals surface area (Å²) in [7, 11) is 0. The van der Waals surface area contributed by atoms with Gasteiger partial charge in [-0.2, -0.15) is 0 Å². The first kappa shape index (κ1) is 23.2. The van der Waals surface area contributed by atoms with E-state index in [0.717, 1.165) is 16.6 Å². The first-order chi connectivity index (χ1) is 16.2. The summed E-state index contributed by atoms with van der Waals surface area (Å²) in [4.78, 5) is 15.7. The minimum absolute atomic E-state index is 0.0179. The van der Waals surface area contributed by atoms with E-state index >= 15 is 0 Å². The summed E-state index contributed by atoms with van der Waals surface area (Å²) in [6.07, 6.45) is -4.35. The number of rotatable bonds is 8. The lowest BCUT2D eigenvalue weighted by atomic mass is 10.1. The number of alkyl halides is 3. The summed E-state index contributed by atoms with van der Waals surface area (Å²) in [5.74, 6) is -0.679. The van der Waals surface area contributed by atoms with E-state index in [1.807, 2.05) is 60.0 Å². The molecule has 3 aromatic carbocycles. The molecule has 0 aliphatic rings. The molecule has 1 aromatic heterocycles. The van der Waals surface area contributed by atoms with Gasteiger partial charge in [0.2, 0.25) is 5.95 Å². The molecule has 2 N–H and O–H groups in total. The van der Waals surface area contributed by atoms with Crippen LogP contribution in [0.4, 0.5) is 24.8 Å². The number of aromatic nitrogens is 2. The van der Waals surface area contributed by atoms with E-state index in [4.69, 9.17) is 10.1 Å². The molecule has 9 heteroatoms. The van der Waals surface area contributed by atoms with Gasteiger partial charge in [-0.05, 0) is 60.9 Å². The average Bonchev–Trinajstić information content (AvgIpc) is 3.15. The first-order valence-electron chi connectivity index (χ1n) is 10.6. The van der Waals surface area contributed by atoms with Gasteiger partial charge in [0.1, 0.15) is 5.75 Å². The molecule has 6 nitrogen and oxygen atoms in total. The molecule has 1 heterocycles. The molecule has 0 unspecified atom stereocenters. The SMILES string of the molecule is C[C@H](c1ccccc1)n1c(Nc2ccc(OC(F)(F)F)cc2)nc2cc(CCC(=O)O)ccc21. The second-order valence-electron chi connectivity index (χ2n) is 7.81. The van der Waals surface area contributed by atoms with Gasteiger partial charge in [-0.25, -0.2) is 4.98 Å². The third-order valence-corrected chi connectivity index (χ3v) is 5.39. The molecule has 0 saturated heterocycles. The van der Waals surface area contributed by atoms with Crippen LogP contribution in [0.2, 0.25) is 0 Å². The number of hydrogen-bond donors (Lipinski definition) is 2. The third-order valence-electron chi connectivity index (χ3n) is 5.39. The van der Waals surface area contributed by atoms with Crippen molar-refractivity contribution in [2.24, 2.45) is 0 Å². The molecule has 0 saturated carbocycles. The van der Waals surface area contributed by atoms with Crippen LogP contribution in [0.25, 0.3) is 11.0 Å². The summed E-state index contributed by atoms with van der Waals surface area (Å²) in [5, 5.41) is 12.2. The number of anilines is 2. The topological polar surface area (TPSA) is 76.4 Å². The number of imidazole rings is 1. The third kappa shape index (κ3) is 5.48. The molecule has 0 aliphatic carbocycles. The Morgan fingerprint density at radius 2 is 1.79 bits per heavy atom. The maximum Gasteiger partial charge on any atom is 0.573 e. The average molecular weight is 469 g/mol. The van der Waals surface area contributed by atoms with E-state index in [1.165, 1.54) is 24.3 Å². The number of carboxylic acids is 1. The molecule has 0 radical (unpaired) electrons. The van der Waals surface area contributed by atoms with E-state index in [9.17, 15) is 18.0 Å². The lowest BCUT2D eigenvalue weighted by molar-refractivity contribution is -0.274. The second-order valence-corrected chi connectivity index (χ2v) is 7.81. The number of fused-ring (bicyclic) bond motifs is 1. The Balaban J connectivity index is 1.70. The fourth-order valence-electron chi connectivity index (χ4n) is 3.78. The lowest BCUT2D eigenvalue weighted by Crippen LogP contribution is -2.17. The summed E-state index contributed by atoms with van der Waals surface area (Å²) in [5.41, 5.74) is 3.97. The van der Waals surface area contributed by atoms with Gasteiger partial charge in [-0.1, -0.05) is 36.4 Å². The highest BCUT2D eigenvalue weighted by molar-refractivity contribution is 5.81. The van der Waals surface area contributed by atoms with Crippen LogP contribution in [0.5, 0.6) is 5.75 Å². The maximum atomic E-state index is 12.5. The first-order valence-corrected chi connectivity index (χ1v) is 10.6. The highest BCUT2D eigenvalue weighted by atomic mass is 19.4. The minimum Gasteiger partial charge on any atom is -0.481 e. The quantitative estimate of drug-likeness (QED) is 0.317. The molecule has 0 amide bonds. The predicted molar refractivity (Wildman–Crippen MR) is 122 cm³/mol. The van der Waals surface area contributed by atoms with Crippen LogP contribution in [-0.4, -0.2) is 27.0 Å². The molecule has 176 valence electrons. The van der Waals surface area contributed by atoms with Crippen molar-refractivity contribution in [3.05, 3.63) is 83.9 Å². The molecular formula is C25H22F3N3O3. The second kappa shape index (κ2) is 9.46. The Kier molecular flexibility index (Phi) is 6.45. The van der Waals surface area contributed by atoms with Crippen LogP contribution >= 0.6 is 0 Å². The molecular weight excluding hydrogens is 447 g/mol. The van der Waals surface area contributed by atoms with Gasteiger partial charge >= 0.3 is 12.3 Å². The number of hydrogen-bond acceptors (Lipinski definition) is 4. The largest absolute Gasteiger partial charge is 0.573 e. The van der Waals surface area contributed by atoms with Gasteiger partial charge in [-0.3, -0.25) is 4.79 Å². The molecule has 1 atom stereocenters. The Morgan fingerprint density at radius 3 is 2.44 bits per heavy atom. The Labute approximate surface area is 193 Å². The van der Waals surface area contributed by atoms with Gasteiger partial charge in [0, 0.05) is 12.1 Å². The lowest BCUT2D eigenvalue weighted by Gasteiger charge is -2.19. The number of nitrogens with one attached hydrogen (secondary N) is 1. The van der Waals surface area contributed by atoms with Crippen LogP contribution in [-0.2, 0) is 11.2 Å². The minimum atomic E-state index is -4.76. The van der Waals surface area contributed by atoms with Crippen LogP contribution in [0.15, 0.2) is 72.8 Å². The van der Waals surface area contributed by atoms with Crippen molar-refractivity contribution in [2.45, 2.75) is 32.2 Å². The van der Waals surface area contributed by atoms with Crippen molar-refractivity contribution in [3.63, 3.8) is 0 Å². The zero-order valence-electron chi connectivity index (χ0n) is 18.2. The number of benzene rings is 3. The highest BCUT2D eigenvalue weighted by Crippen LogP contribution is 2.32. The summed E-state index contributed by atoms with van der Waals surface area (Å²) >= 11 is 0. The van der Waals surface area contributed by atoms with Crippen molar-refractivity contribution < 1.29 is 27.8 Å². The highest BCUT2D eigenvalue weighted by Gasteiger charge is 2.31. The molecule has 4 rings (SSSR count). The maximum absolute atomic E-state index is 12.5. The molecule has 4 aromatic rings. The van der Waals surface area contributed by atoms with Crippen molar-refractivity contribution in [1.82, 2.24) is 9.55 Å². The Hall–Kier alpha value is -4.01. The molecule has 0 fully saturated rings. The molecule has 0 aliphatic heterocycles. The number of carbonyl (C=O) groups is 1. The van der Waals surface area contributed by atoms with Gasteiger partial charge in [0.15, 0.2) is 0 Å². The fraction of sp³-hybridized carbons (Fsp3) is 0.200. The van der Waals surface area contributed by atoms with Crippen molar-refractivity contribution in [1.29, 1.82) is 0 Å². The fourth-order valence-corrected chi connectivity index (χ4v) is 3.78. The smallest absolute Gasteiger partial charge is 0.481 e. The molecule has 34 heavy (non-hydrogen) atoms. The van der Waals surface area contributed by atoms with Crippen LogP contribution in [0.3, 0.4) is 0 Å². The van der Waals surface area contributed by atoms with E-state index in [1.54, 1.807) is 0 Å². The Morgan fingerprint density at radius 1 is 1.09 bits per heavy atom. The van der Waals surface area contributed by atoms with E-state index in [0.29, 0.717) is 23.6 Å². The predicted octanol–water partition coefficient (Wildman–Crippen LogP) is 6.31. The van der Waals surface area contributed by atoms with Crippen LogP contribution in [0.1, 0.15) is 30.5 Å². The summed E-state index contributed by atoms with van der Waals surface area (Å²) < 4.78 is 43.3. The van der Waals surface area contributed by atoms with Crippen molar-refractivity contribution in [3.8, 4) is 5.75 Å². The van der Waals surface area contributed by atoms with Gasteiger partial charge in [-0.15, -0.1) is 13.2 Å². The zero-order valence-corrected chi connectivity index (χ0v) is 18.2. The van der Waals surface area contributed by atoms with E-state index in [2.05, 4.69) is 10.1 Å². The monoisotopic (exact) mass is 469 g/mol. The summed E-state index contributed by atoms with van der Waals surface area (Å²) in [6, 6.07) is 20.8. The van der Waals surface area contributed by atoms with Gasteiger partial charge in [0.25, 0.3) is 0 Å². The van der Waals surface area contributed by atoms with Crippen LogP contribution in [0, 0.1) is 0 Å². The van der Waals surface area contributed by atoms with Crippen LogP contribution < -0.4 is 10.1 Å². The van der Waals surface area contributed by atoms with Crippen molar-refractivity contribution >= 4 is 28.6 Å². The number of nitrogens with zero attached hydrogens (tertiary/aromatic N) is 2. The Bertz CT molecular complexity index is 1290. The van der Waals surface area contributed by atoms with E-state index < -0.39 is 12.3 Å². The van der Waals surface area contributed by atoms with Crippen molar-refractivity contribution in [2.75, 3.05) is 5.32 Å². The van der Waals surface area contributed by atoms with Gasteiger partial charge < -0.3 is 19.7 Å². The number of aliphatic carboxylic acids is 1. The standard InChI is InChI=1S/C25H22F3N3O3/c1-16(18-5-3-2-4-6-18)31-22-13-7-17(8-14-23(32)33)15-21(22)30-24(31)29-19-9-11-20(12-10-19)34-25(26,27)28/h2-7,9-13,15-16H,8,14H2,1H3,(H,29,30)(H,32,33)/t16-/m1/s1. The van der Waals surface area contributed by atoms with E-state index in [-0.39, 0.29) is 18.2 Å². The summed E-state index contributed by atoms with van der Waals surface area (Å²) in [6.45, 7) is 2.03.